The van der Waals surface area contributed by atoms with E-state index in [0.29, 0.717) is 5.92 Å². The lowest BCUT2D eigenvalue weighted by Crippen LogP contribution is -2.05. The number of para-hydroxylation sites is 2. The molecule has 0 radical (unpaired) electrons. The molecule has 3 rings (SSSR count). The Morgan fingerprint density at radius 1 is 1.20 bits per heavy atom. The molecule has 0 bridgehead atoms. The van der Waals surface area contributed by atoms with Crippen LogP contribution >= 0.6 is 11.3 Å². The number of rotatable bonds is 4. The highest BCUT2D eigenvalue weighted by atomic mass is 32.1. The van der Waals surface area contributed by atoms with Crippen LogP contribution < -0.4 is 0 Å². The lowest BCUT2D eigenvalue weighted by atomic mass is 10.2. The van der Waals surface area contributed by atoms with Crippen molar-refractivity contribution in [2.45, 2.75) is 39.7 Å². The number of aryl methyl sites for hydroxylation is 1. The number of imidazole rings is 1. The van der Waals surface area contributed by atoms with Crippen molar-refractivity contribution in [2.24, 2.45) is 0 Å². The minimum atomic E-state index is 0.499. The molecule has 4 heteroatoms. The molecule has 2 heterocycles. The summed E-state index contributed by atoms with van der Waals surface area (Å²) in [5.74, 6) is 1.63. The molecule has 0 unspecified atom stereocenters. The summed E-state index contributed by atoms with van der Waals surface area (Å²) in [6.45, 7) is 7.34. The molecule has 0 fully saturated rings. The molecule has 0 saturated heterocycles. The van der Waals surface area contributed by atoms with Crippen molar-refractivity contribution in [1.29, 1.82) is 0 Å². The predicted octanol–water partition coefficient (Wildman–Crippen LogP) is 4.23. The van der Waals surface area contributed by atoms with Gasteiger partial charge in [-0.15, -0.1) is 11.3 Å². The molecule has 3 aromatic rings. The third kappa shape index (κ3) is 2.36. The van der Waals surface area contributed by atoms with Gasteiger partial charge in [0.25, 0.3) is 0 Å². The predicted molar refractivity (Wildman–Crippen MR) is 84.4 cm³/mol. The van der Waals surface area contributed by atoms with E-state index in [4.69, 9.17) is 9.97 Å². The summed E-state index contributed by atoms with van der Waals surface area (Å²) in [6, 6.07) is 8.32. The van der Waals surface area contributed by atoms with Gasteiger partial charge in [-0.3, -0.25) is 0 Å². The number of aromatic nitrogens is 3. The van der Waals surface area contributed by atoms with Gasteiger partial charge in [0, 0.05) is 17.7 Å². The minimum Gasteiger partial charge on any atom is -0.322 e. The Bertz CT molecular complexity index is 724. The first-order valence-electron chi connectivity index (χ1n) is 7.07. The van der Waals surface area contributed by atoms with Crippen molar-refractivity contribution < 1.29 is 0 Å². The molecule has 0 aliphatic rings. The van der Waals surface area contributed by atoms with Crippen LogP contribution in [0.3, 0.4) is 0 Å². The minimum absolute atomic E-state index is 0.499. The smallest absolute Gasteiger partial charge is 0.109 e. The molecule has 0 spiro atoms. The van der Waals surface area contributed by atoms with Crippen molar-refractivity contribution >= 4 is 22.4 Å². The SMILES string of the molecule is CCc1nc2ccccc2n1Cc1csc(C(C)C)n1. The van der Waals surface area contributed by atoms with Crippen LogP contribution in [0, 0.1) is 0 Å². The summed E-state index contributed by atoms with van der Waals surface area (Å²) in [6.07, 6.45) is 0.940. The van der Waals surface area contributed by atoms with Crippen LogP contribution in [0.2, 0.25) is 0 Å². The fraction of sp³-hybridized carbons (Fsp3) is 0.375. The second-order valence-electron chi connectivity index (χ2n) is 5.29. The molecule has 0 saturated carbocycles. The fourth-order valence-electron chi connectivity index (χ4n) is 2.39. The molecule has 104 valence electrons. The third-order valence-electron chi connectivity index (χ3n) is 3.43. The standard InChI is InChI=1S/C16H19N3S/c1-4-15-18-13-7-5-6-8-14(13)19(15)9-12-10-20-16(17-12)11(2)3/h5-8,10-11H,4,9H2,1-3H3. The zero-order valence-corrected chi connectivity index (χ0v) is 12.9. The van der Waals surface area contributed by atoms with Crippen LogP contribution in [0.1, 0.15) is 43.2 Å². The van der Waals surface area contributed by atoms with Gasteiger partial charge >= 0.3 is 0 Å². The van der Waals surface area contributed by atoms with E-state index in [1.165, 1.54) is 10.5 Å². The second kappa shape index (κ2) is 5.37. The zero-order valence-electron chi connectivity index (χ0n) is 12.1. The van der Waals surface area contributed by atoms with Crippen LogP contribution in [0.4, 0.5) is 0 Å². The van der Waals surface area contributed by atoms with Crippen molar-refractivity contribution in [2.75, 3.05) is 0 Å². The van der Waals surface area contributed by atoms with Crippen LogP contribution in [-0.4, -0.2) is 14.5 Å². The molecule has 3 nitrogen and oxygen atoms in total. The van der Waals surface area contributed by atoms with Crippen molar-refractivity contribution in [3.8, 4) is 0 Å². The topological polar surface area (TPSA) is 30.7 Å². The van der Waals surface area contributed by atoms with Crippen LogP contribution in [-0.2, 0) is 13.0 Å². The lowest BCUT2D eigenvalue weighted by molar-refractivity contribution is 0.732. The van der Waals surface area contributed by atoms with Gasteiger partial charge in [-0.1, -0.05) is 32.9 Å². The molecule has 0 aliphatic carbocycles. The molecular weight excluding hydrogens is 266 g/mol. The van der Waals surface area contributed by atoms with Gasteiger partial charge in [-0.25, -0.2) is 9.97 Å². The van der Waals surface area contributed by atoms with Gasteiger partial charge in [0.05, 0.1) is 28.3 Å². The van der Waals surface area contributed by atoms with Crippen LogP contribution in [0.25, 0.3) is 11.0 Å². The highest BCUT2D eigenvalue weighted by molar-refractivity contribution is 7.09. The fourth-order valence-corrected chi connectivity index (χ4v) is 3.22. The van der Waals surface area contributed by atoms with E-state index in [1.807, 2.05) is 6.07 Å². The summed E-state index contributed by atoms with van der Waals surface area (Å²) in [5.41, 5.74) is 3.41. The highest BCUT2D eigenvalue weighted by Gasteiger charge is 2.11. The van der Waals surface area contributed by atoms with E-state index in [9.17, 15) is 0 Å². The second-order valence-corrected chi connectivity index (χ2v) is 6.18. The molecule has 0 N–H and O–H groups in total. The highest BCUT2D eigenvalue weighted by Crippen LogP contribution is 2.22. The first-order chi connectivity index (χ1) is 9.69. The quantitative estimate of drug-likeness (QED) is 0.718. The number of fused-ring (bicyclic) bond motifs is 1. The summed E-state index contributed by atoms with van der Waals surface area (Å²) in [5, 5.41) is 3.38. The summed E-state index contributed by atoms with van der Waals surface area (Å²) in [4.78, 5) is 9.44. The Morgan fingerprint density at radius 3 is 2.70 bits per heavy atom. The van der Waals surface area contributed by atoms with Crippen LogP contribution in [0.15, 0.2) is 29.6 Å². The van der Waals surface area contributed by atoms with Gasteiger partial charge in [-0.2, -0.15) is 0 Å². The van der Waals surface area contributed by atoms with E-state index in [1.54, 1.807) is 11.3 Å². The Balaban J connectivity index is 2.00. The van der Waals surface area contributed by atoms with Crippen molar-refractivity contribution in [1.82, 2.24) is 14.5 Å². The van der Waals surface area contributed by atoms with Gasteiger partial charge < -0.3 is 4.57 Å². The van der Waals surface area contributed by atoms with Crippen molar-refractivity contribution in [3.63, 3.8) is 0 Å². The number of hydrogen-bond donors (Lipinski definition) is 0. The van der Waals surface area contributed by atoms with E-state index < -0.39 is 0 Å². The van der Waals surface area contributed by atoms with E-state index >= 15 is 0 Å². The average Bonchev–Trinajstić information content (AvgIpc) is 3.04. The Kier molecular flexibility index (Phi) is 3.57. The summed E-state index contributed by atoms with van der Waals surface area (Å²) < 4.78 is 2.29. The molecular formula is C16H19N3S. The molecule has 2 aromatic heterocycles. The zero-order chi connectivity index (χ0) is 14.1. The number of nitrogens with zero attached hydrogens (tertiary/aromatic N) is 3. The van der Waals surface area contributed by atoms with E-state index in [2.05, 4.69) is 48.9 Å². The van der Waals surface area contributed by atoms with Gasteiger partial charge in [0.2, 0.25) is 0 Å². The molecule has 1 aromatic carbocycles. The van der Waals surface area contributed by atoms with Crippen LogP contribution in [0.5, 0.6) is 0 Å². The molecule has 20 heavy (non-hydrogen) atoms. The first kappa shape index (κ1) is 13.3. The van der Waals surface area contributed by atoms with Gasteiger partial charge in [-0.05, 0) is 12.1 Å². The Morgan fingerprint density at radius 2 is 2.00 bits per heavy atom. The lowest BCUT2D eigenvalue weighted by Gasteiger charge is -2.06. The van der Waals surface area contributed by atoms with Crippen molar-refractivity contribution in [3.05, 3.63) is 46.2 Å². The first-order valence-corrected chi connectivity index (χ1v) is 7.95. The normalized spacial score (nSPS) is 11.6. The van der Waals surface area contributed by atoms with Gasteiger partial charge in [0.15, 0.2) is 0 Å². The maximum absolute atomic E-state index is 4.74. The maximum Gasteiger partial charge on any atom is 0.109 e. The maximum atomic E-state index is 4.74. The van der Waals surface area contributed by atoms with Gasteiger partial charge in [0.1, 0.15) is 5.82 Å². The third-order valence-corrected chi connectivity index (χ3v) is 4.63. The number of hydrogen-bond acceptors (Lipinski definition) is 3. The molecule has 0 aliphatic heterocycles. The largest absolute Gasteiger partial charge is 0.322 e. The number of benzene rings is 1. The van der Waals surface area contributed by atoms with E-state index in [-0.39, 0.29) is 0 Å². The Hall–Kier alpha value is -1.68. The molecule has 0 atom stereocenters. The average molecular weight is 285 g/mol. The summed E-state index contributed by atoms with van der Waals surface area (Å²) >= 11 is 1.75. The molecule has 0 amide bonds. The van der Waals surface area contributed by atoms with E-state index in [0.717, 1.165) is 30.0 Å². The number of thiazole rings is 1. The monoisotopic (exact) mass is 285 g/mol. The summed E-state index contributed by atoms with van der Waals surface area (Å²) in [7, 11) is 0. The Labute approximate surface area is 123 Å².